The molecule has 0 fully saturated rings. The van der Waals surface area contributed by atoms with Crippen LogP contribution in [0.3, 0.4) is 0 Å². The van der Waals surface area contributed by atoms with Crippen molar-refractivity contribution in [3.05, 3.63) is 18.0 Å². The Morgan fingerprint density at radius 1 is 1.69 bits per heavy atom. The van der Waals surface area contributed by atoms with Crippen LogP contribution in [0.5, 0.6) is 0 Å². The van der Waals surface area contributed by atoms with Crippen molar-refractivity contribution >= 4 is 0 Å². The number of ether oxygens (including phenoxy) is 1. The number of nitrogens with two attached hydrogens (primary N) is 1. The fraction of sp³-hybridized carbons (Fsp3) is 0.667. The lowest BCUT2D eigenvalue weighted by atomic mass is 10.1. The molecule has 1 aromatic heterocycles. The molecule has 0 bridgehead atoms. The molecule has 0 aromatic carbocycles. The maximum absolute atomic E-state index is 5.92. The van der Waals surface area contributed by atoms with Crippen LogP contribution < -0.4 is 5.73 Å². The lowest BCUT2D eigenvalue weighted by molar-refractivity contribution is 0.190. The first-order valence-corrected chi connectivity index (χ1v) is 4.48. The van der Waals surface area contributed by atoms with Crippen molar-refractivity contribution in [2.75, 3.05) is 13.7 Å². The Morgan fingerprint density at radius 2 is 2.46 bits per heavy atom. The summed E-state index contributed by atoms with van der Waals surface area (Å²) in [6.45, 7) is 0.764. The SMILES string of the molecule is COCCCC(N)c1ccn(C)n1. The van der Waals surface area contributed by atoms with Crippen LogP contribution in [0.25, 0.3) is 0 Å². The lowest BCUT2D eigenvalue weighted by Gasteiger charge is -2.07. The Bertz CT molecular complexity index is 247. The van der Waals surface area contributed by atoms with E-state index in [-0.39, 0.29) is 6.04 Å². The van der Waals surface area contributed by atoms with Gasteiger partial charge in [0.05, 0.1) is 5.69 Å². The van der Waals surface area contributed by atoms with Crippen molar-refractivity contribution in [2.45, 2.75) is 18.9 Å². The Morgan fingerprint density at radius 3 is 3.00 bits per heavy atom. The molecular formula is C9H17N3O. The van der Waals surface area contributed by atoms with E-state index in [1.807, 2.05) is 19.3 Å². The van der Waals surface area contributed by atoms with E-state index in [1.165, 1.54) is 0 Å². The first-order chi connectivity index (χ1) is 6.24. The fourth-order valence-corrected chi connectivity index (χ4v) is 1.23. The molecule has 1 aromatic rings. The third kappa shape index (κ3) is 3.16. The topological polar surface area (TPSA) is 53.1 Å². The zero-order chi connectivity index (χ0) is 9.68. The van der Waals surface area contributed by atoms with Crippen molar-refractivity contribution < 1.29 is 4.74 Å². The summed E-state index contributed by atoms with van der Waals surface area (Å²) in [5.41, 5.74) is 6.87. The summed E-state index contributed by atoms with van der Waals surface area (Å²) in [7, 11) is 3.59. The minimum absolute atomic E-state index is 0.0383. The summed E-state index contributed by atoms with van der Waals surface area (Å²) < 4.78 is 6.72. The highest BCUT2D eigenvalue weighted by atomic mass is 16.5. The number of hydrogen-bond donors (Lipinski definition) is 1. The van der Waals surface area contributed by atoms with Crippen molar-refractivity contribution in [1.29, 1.82) is 0 Å². The molecule has 0 amide bonds. The van der Waals surface area contributed by atoms with E-state index in [0.29, 0.717) is 0 Å². The number of hydrogen-bond acceptors (Lipinski definition) is 3. The highest BCUT2D eigenvalue weighted by Gasteiger charge is 2.07. The van der Waals surface area contributed by atoms with Gasteiger partial charge in [-0.25, -0.2) is 0 Å². The first-order valence-electron chi connectivity index (χ1n) is 4.48. The molecule has 0 aliphatic rings. The van der Waals surface area contributed by atoms with Gasteiger partial charge < -0.3 is 10.5 Å². The Labute approximate surface area is 78.7 Å². The molecule has 4 nitrogen and oxygen atoms in total. The van der Waals surface area contributed by atoms with Gasteiger partial charge in [-0.3, -0.25) is 4.68 Å². The Hall–Kier alpha value is -0.870. The van der Waals surface area contributed by atoms with Gasteiger partial charge in [0.15, 0.2) is 0 Å². The summed E-state index contributed by atoms with van der Waals surface area (Å²) in [5.74, 6) is 0. The second kappa shape index (κ2) is 4.99. The van der Waals surface area contributed by atoms with Crippen LogP contribution in [0, 0.1) is 0 Å². The Kier molecular flexibility index (Phi) is 3.92. The molecule has 0 saturated carbocycles. The standard InChI is InChI=1S/C9H17N3O/c1-12-6-5-9(11-12)8(10)4-3-7-13-2/h5-6,8H,3-4,7,10H2,1-2H3. The van der Waals surface area contributed by atoms with Gasteiger partial charge in [-0.1, -0.05) is 0 Å². The third-order valence-corrected chi connectivity index (χ3v) is 1.98. The van der Waals surface area contributed by atoms with Crippen LogP contribution >= 0.6 is 0 Å². The van der Waals surface area contributed by atoms with Crippen LogP contribution in [-0.4, -0.2) is 23.5 Å². The molecule has 1 rings (SSSR count). The third-order valence-electron chi connectivity index (χ3n) is 1.98. The molecule has 2 N–H and O–H groups in total. The van der Waals surface area contributed by atoms with Crippen LogP contribution in [0.15, 0.2) is 12.3 Å². The predicted molar refractivity (Wildman–Crippen MR) is 51.2 cm³/mol. The minimum Gasteiger partial charge on any atom is -0.385 e. The average molecular weight is 183 g/mol. The molecule has 0 spiro atoms. The molecule has 0 saturated heterocycles. The Balaban J connectivity index is 2.35. The van der Waals surface area contributed by atoms with Crippen LogP contribution in [0.2, 0.25) is 0 Å². The van der Waals surface area contributed by atoms with E-state index in [4.69, 9.17) is 10.5 Å². The van der Waals surface area contributed by atoms with Gasteiger partial charge in [0.2, 0.25) is 0 Å². The van der Waals surface area contributed by atoms with Gasteiger partial charge in [-0.15, -0.1) is 0 Å². The van der Waals surface area contributed by atoms with Crippen molar-refractivity contribution in [3.8, 4) is 0 Å². The van der Waals surface area contributed by atoms with E-state index >= 15 is 0 Å². The maximum Gasteiger partial charge on any atom is 0.0791 e. The first kappa shape index (κ1) is 10.2. The second-order valence-corrected chi connectivity index (χ2v) is 3.16. The largest absolute Gasteiger partial charge is 0.385 e. The van der Waals surface area contributed by atoms with Crippen molar-refractivity contribution in [3.63, 3.8) is 0 Å². The molecular weight excluding hydrogens is 166 g/mol. The average Bonchev–Trinajstić information content (AvgIpc) is 2.52. The molecule has 1 unspecified atom stereocenters. The monoisotopic (exact) mass is 183 g/mol. The van der Waals surface area contributed by atoms with Crippen LogP contribution in [0.4, 0.5) is 0 Å². The zero-order valence-electron chi connectivity index (χ0n) is 8.23. The van der Waals surface area contributed by atoms with Gasteiger partial charge in [0.1, 0.15) is 0 Å². The minimum atomic E-state index is 0.0383. The number of aromatic nitrogens is 2. The highest BCUT2D eigenvalue weighted by molar-refractivity contribution is 5.04. The fourth-order valence-electron chi connectivity index (χ4n) is 1.23. The van der Waals surface area contributed by atoms with Gasteiger partial charge in [0.25, 0.3) is 0 Å². The summed E-state index contributed by atoms with van der Waals surface area (Å²) in [5, 5.41) is 4.24. The summed E-state index contributed by atoms with van der Waals surface area (Å²) in [6, 6.07) is 1.99. The molecule has 4 heteroatoms. The lowest BCUT2D eigenvalue weighted by Crippen LogP contribution is -2.12. The van der Waals surface area contributed by atoms with Crippen LogP contribution in [-0.2, 0) is 11.8 Å². The number of rotatable bonds is 5. The van der Waals surface area contributed by atoms with Gasteiger partial charge in [0, 0.05) is 33.0 Å². The van der Waals surface area contributed by atoms with E-state index < -0.39 is 0 Å². The van der Waals surface area contributed by atoms with E-state index in [9.17, 15) is 0 Å². The molecule has 1 heterocycles. The van der Waals surface area contributed by atoms with Crippen molar-refractivity contribution in [1.82, 2.24) is 9.78 Å². The summed E-state index contributed by atoms with van der Waals surface area (Å²) in [6.07, 6.45) is 3.81. The summed E-state index contributed by atoms with van der Waals surface area (Å²) in [4.78, 5) is 0. The quantitative estimate of drug-likeness (QED) is 0.688. The number of aryl methyl sites for hydroxylation is 1. The molecule has 13 heavy (non-hydrogen) atoms. The van der Waals surface area contributed by atoms with Crippen LogP contribution in [0.1, 0.15) is 24.6 Å². The van der Waals surface area contributed by atoms with E-state index in [0.717, 1.165) is 25.1 Å². The molecule has 0 aliphatic carbocycles. The van der Waals surface area contributed by atoms with E-state index in [2.05, 4.69) is 5.10 Å². The normalized spacial score (nSPS) is 13.2. The molecule has 1 atom stereocenters. The van der Waals surface area contributed by atoms with Gasteiger partial charge in [-0.05, 0) is 18.9 Å². The van der Waals surface area contributed by atoms with Gasteiger partial charge >= 0.3 is 0 Å². The molecule has 0 aliphatic heterocycles. The number of nitrogens with zero attached hydrogens (tertiary/aromatic N) is 2. The van der Waals surface area contributed by atoms with Gasteiger partial charge in [-0.2, -0.15) is 5.10 Å². The van der Waals surface area contributed by atoms with Crippen molar-refractivity contribution in [2.24, 2.45) is 12.8 Å². The van der Waals surface area contributed by atoms with E-state index in [1.54, 1.807) is 11.8 Å². The summed E-state index contributed by atoms with van der Waals surface area (Å²) >= 11 is 0. The maximum atomic E-state index is 5.92. The molecule has 74 valence electrons. The smallest absolute Gasteiger partial charge is 0.0791 e. The molecule has 0 radical (unpaired) electrons. The predicted octanol–water partition coefficient (Wildman–Crippen LogP) is 0.847. The highest BCUT2D eigenvalue weighted by Crippen LogP contribution is 2.12. The zero-order valence-corrected chi connectivity index (χ0v) is 8.23. The second-order valence-electron chi connectivity index (χ2n) is 3.16. The number of methoxy groups -OCH3 is 1.